The number of non-ortho nitro benzene ring substituents is 1. The van der Waals surface area contributed by atoms with Crippen LogP contribution in [0.4, 0.5) is 11.4 Å². The highest BCUT2D eigenvalue weighted by atomic mass is 35.5. The van der Waals surface area contributed by atoms with Crippen LogP contribution in [0, 0.1) is 10.1 Å². The zero-order chi connectivity index (χ0) is 14.0. The van der Waals surface area contributed by atoms with Crippen LogP contribution in [0.2, 0.25) is 0 Å². The topological polar surface area (TPSA) is 102 Å². The van der Waals surface area contributed by atoms with E-state index in [4.69, 9.17) is 5.73 Å². The zero-order valence-electron chi connectivity index (χ0n) is 11.0. The normalized spacial score (nSPS) is 17.6. The van der Waals surface area contributed by atoms with Crippen LogP contribution in [0.5, 0.6) is 0 Å². The highest BCUT2D eigenvalue weighted by Gasteiger charge is 2.27. The number of carbonyl (C=O) groups excluding carboxylic acids is 1. The lowest BCUT2D eigenvalue weighted by Gasteiger charge is -2.17. The number of benzene rings is 1. The lowest BCUT2D eigenvalue weighted by molar-refractivity contribution is -0.384. The summed E-state index contributed by atoms with van der Waals surface area (Å²) in [5.41, 5.74) is 6.08. The van der Waals surface area contributed by atoms with Gasteiger partial charge in [0.2, 0.25) is 0 Å². The number of likely N-dealkylation sites (tertiary alicyclic amines) is 1. The second kappa shape index (κ2) is 6.53. The molecular weight excluding hydrogens is 284 g/mol. The summed E-state index contributed by atoms with van der Waals surface area (Å²) in [6.07, 6.45) is 0.872. The fourth-order valence-electron chi connectivity index (χ4n) is 2.19. The van der Waals surface area contributed by atoms with E-state index in [1.807, 2.05) is 7.05 Å². The number of anilines is 1. The summed E-state index contributed by atoms with van der Waals surface area (Å²) in [5, 5.41) is 13.8. The summed E-state index contributed by atoms with van der Waals surface area (Å²) >= 11 is 0. The van der Waals surface area contributed by atoms with Gasteiger partial charge in [-0.15, -0.1) is 12.4 Å². The van der Waals surface area contributed by atoms with Gasteiger partial charge >= 0.3 is 0 Å². The van der Waals surface area contributed by atoms with Crippen molar-refractivity contribution in [2.24, 2.45) is 0 Å². The fraction of sp³-hybridized carbons (Fsp3) is 0.417. The Kier molecular flexibility index (Phi) is 5.29. The number of amides is 1. The first-order chi connectivity index (χ1) is 9.02. The third-order valence-electron chi connectivity index (χ3n) is 3.36. The molecule has 1 unspecified atom stereocenters. The Balaban J connectivity index is 0.00000200. The molecule has 1 atom stereocenters. The molecule has 1 aliphatic rings. The Labute approximate surface area is 122 Å². The largest absolute Gasteiger partial charge is 0.398 e. The number of nitro groups is 1. The van der Waals surface area contributed by atoms with Crippen LogP contribution >= 0.6 is 12.4 Å². The number of hydrogen-bond donors (Lipinski definition) is 2. The Hall–Kier alpha value is -1.86. The first-order valence-corrected chi connectivity index (χ1v) is 6.03. The molecule has 0 saturated carbocycles. The van der Waals surface area contributed by atoms with Crippen LogP contribution in [0.1, 0.15) is 16.8 Å². The van der Waals surface area contributed by atoms with Crippen molar-refractivity contribution in [3.05, 3.63) is 33.9 Å². The third kappa shape index (κ3) is 3.17. The van der Waals surface area contributed by atoms with E-state index in [9.17, 15) is 14.9 Å². The van der Waals surface area contributed by atoms with Gasteiger partial charge in [0.25, 0.3) is 11.6 Å². The minimum atomic E-state index is -0.531. The number of rotatable bonds is 3. The van der Waals surface area contributed by atoms with Gasteiger partial charge in [0, 0.05) is 37.0 Å². The highest BCUT2D eigenvalue weighted by molar-refractivity contribution is 6.00. The quantitative estimate of drug-likeness (QED) is 0.493. The van der Waals surface area contributed by atoms with Crippen molar-refractivity contribution < 1.29 is 9.72 Å². The summed E-state index contributed by atoms with van der Waals surface area (Å²) in [6, 6.07) is 4.21. The number of nitrogens with one attached hydrogen (secondary N) is 1. The molecule has 0 spiro atoms. The van der Waals surface area contributed by atoms with E-state index in [1.54, 1.807) is 4.90 Å². The van der Waals surface area contributed by atoms with Crippen molar-refractivity contribution in [1.82, 2.24) is 10.2 Å². The van der Waals surface area contributed by atoms with Crippen molar-refractivity contribution in [3.63, 3.8) is 0 Å². The van der Waals surface area contributed by atoms with Gasteiger partial charge in [-0.1, -0.05) is 0 Å². The van der Waals surface area contributed by atoms with E-state index < -0.39 is 4.92 Å². The van der Waals surface area contributed by atoms with Gasteiger partial charge in [0.1, 0.15) is 0 Å². The van der Waals surface area contributed by atoms with Crippen molar-refractivity contribution in [2.75, 3.05) is 25.9 Å². The van der Waals surface area contributed by atoms with Crippen molar-refractivity contribution >= 4 is 29.7 Å². The molecule has 0 aromatic heterocycles. The van der Waals surface area contributed by atoms with Crippen LogP contribution in [-0.4, -0.2) is 41.9 Å². The number of nitro benzene ring substituents is 1. The lowest BCUT2D eigenvalue weighted by atomic mass is 10.1. The van der Waals surface area contributed by atoms with E-state index in [0.717, 1.165) is 6.42 Å². The SMILES string of the molecule is CNC1CCN(C(=O)c2cc([N+](=O)[O-])ccc2N)C1.Cl. The first kappa shape index (κ1) is 16.2. The minimum absolute atomic E-state index is 0. The standard InChI is InChI=1S/C12H16N4O3.ClH/c1-14-8-4-5-15(7-8)12(17)10-6-9(16(18)19)2-3-11(10)13;/h2-3,6,8,14H,4-5,7,13H2,1H3;1H. The maximum Gasteiger partial charge on any atom is 0.270 e. The van der Waals surface area contributed by atoms with E-state index in [-0.39, 0.29) is 41.3 Å². The molecule has 1 saturated heterocycles. The molecule has 1 aliphatic heterocycles. The van der Waals surface area contributed by atoms with Gasteiger partial charge in [0.05, 0.1) is 10.5 Å². The van der Waals surface area contributed by atoms with E-state index in [2.05, 4.69) is 5.32 Å². The van der Waals surface area contributed by atoms with E-state index in [0.29, 0.717) is 13.1 Å². The average Bonchev–Trinajstić information content (AvgIpc) is 2.87. The number of halogens is 1. The summed E-state index contributed by atoms with van der Waals surface area (Å²) in [6.45, 7) is 1.23. The van der Waals surface area contributed by atoms with Crippen LogP contribution in [0.3, 0.4) is 0 Å². The summed E-state index contributed by atoms with van der Waals surface area (Å²) < 4.78 is 0. The third-order valence-corrected chi connectivity index (χ3v) is 3.36. The molecule has 1 heterocycles. The molecular formula is C12H17ClN4O3. The molecule has 20 heavy (non-hydrogen) atoms. The predicted molar refractivity (Wildman–Crippen MR) is 78.1 cm³/mol. The molecule has 0 aliphatic carbocycles. The van der Waals surface area contributed by atoms with Crippen molar-refractivity contribution in [2.45, 2.75) is 12.5 Å². The fourth-order valence-corrected chi connectivity index (χ4v) is 2.19. The Morgan fingerprint density at radius 2 is 2.25 bits per heavy atom. The Morgan fingerprint density at radius 3 is 2.80 bits per heavy atom. The molecule has 0 radical (unpaired) electrons. The van der Waals surface area contributed by atoms with Gasteiger partial charge in [-0.3, -0.25) is 14.9 Å². The predicted octanol–water partition coefficient (Wildman–Crippen LogP) is 1.03. The molecule has 0 bridgehead atoms. The number of nitrogens with two attached hydrogens (primary N) is 1. The average molecular weight is 301 g/mol. The summed E-state index contributed by atoms with van der Waals surface area (Å²) in [7, 11) is 1.85. The van der Waals surface area contributed by atoms with Gasteiger partial charge in [-0.2, -0.15) is 0 Å². The second-order valence-corrected chi connectivity index (χ2v) is 4.55. The van der Waals surface area contributed by atoms with Gasteiger partial charge < -0.3 is 16.0 Å². The summed E-state index contributed by atoms with van der Waals surface area (Å²) in [5.74, 6) is -0.251. The molecule has 7 nitrogen and oxygen atoms in total. The minimum Gasteiger partial charge on any atom is -0.398 e. The van der Waals surface area contributed by atoms with Crippen LogP contribution in [-0.2, 0) is 0 Å². The maximum absolute atomic E-state index is 12.3. The zero-order valence-corrected chi connectivity index (χ0v) is 11.9. The monoisotopic (exact) mass is 300 g/mol. The van der Waals surface area contributed by atoms with Crippen LogP contribution < -0.4 is 11.1 Å². The molecule has 3 N–H and O–H groups in total. The molecule has 2 rings (SSSR count). The van der Waals surface area contributed by atoms with Crippen LogP contribution in [0.15, 0.2) is 18.2 Å². The molecule has 1 aromatic rings. The second-order valence-electron chi connectivity index (χ2n) is 4.55. The molecule has 8 heteroatoms. The summed E-state index contributed by atoms with van der Waals surface area (Å²) in [4.78, 5) is 24.2. The molecule has 1 aromatic carbocycles. The smallest absolute Gasteiger partial charge is 0.270 e. The number of carbonyl (C=O) groups is 1. The van der Waals surface area contributed by atoms with Gasteiger partial charge in [-0.05, 0) is 19.5 Å². The van der Waals surface area contributed by atoms with Crippen molar-refractivity contribution in [1.29, 1.82) is 0 Å². The molecule has 110 valence electrons. The van der Waals surface area contributed by atoms with Crippen molar-refractivity contribution in [3.8, 4) is 0 Å². The number of nitrogens with zero attached hydrogens (tertiary/aromatic N) is 2. The van der Waals surface area contributed by atoms with E-state index in [1.165, 1.54) is 18.2 Å². The lowest BCUT2D eigenvalue weighted by Crippen LogP contribution is -2.33. The maximum atomic E-state index is 12.3. The number of nitrogen functional groups attached to an aromatic ring is 1. The molecule has 1 fully saturated rings. The highest BCUT2D eigenvalue weighted by Crippen LogP contribution is 2.22. The Bertz CT molecular complexity index is 523. The number of hydrogen-bond acceptors (Lipinski definition) is 5. The van der Waals surface area contributed by atoms with Crippen LogP contribution in [0.25, 0.3) is 0 Å². The van der Waals surface area contributed by atoms with E-state index >= 15 is 0 Å². The van der Waals surface area contributed by atoms with Gasteiger partial charge in [0.15, 0.2) is 0 Å². The van der Waals surface area contributed by atoms with Gasteiger partial charge in [-0.25, -0.2) is 0 Å². The number of likely N-dealkylation sites (N-methyl/N-ethyl adjacent to an activating group) is 1. The molecule has 1 amide bonds. The Morgan fingerprint density at radius 1 is 1.55 bits per heavy atom. The first-order valence-electron chi connectivity index (χ1n) is 6.03.